The van der Waals surface area contributed by atoms with Crippen molar-refractivity contribution in [1.82, 2.24) is 14.5 Å². The summed E-state index contributed by atoms with van der Waals surface area (Å²) < 4.78 is 43.2. The largest absolute Gasteiger partial charge is 0.479 e. The van der Waals surface area contributed by atoms with Crippen molar-refractivity contribution in [2.24, 2.45) is 0 Å². The first kappa shape index (κ1) is 27.9. The predicted molar refractivity (Wildman–Crippen MR) is 141 cm³/mol. The number of hydrogen-bond donors (Lipinski definition) is 3. The molecule has 3 aromatic carbocycles. The summed E-state index contributed by atoms with van der Waals surface area (Å²) in [6, 6.07) is 16.7. The Morgan fingerprint density at radius 1 is 0.949 bits per heavy atom. The van der Waals surface area contributed by atoms with E-state index in [-0.39, 0.29) is 16.9 Å². The van der Waals surface area contributed by atoms with Crippen LogP contribution in [0.2, 0.25) is 0 Å². The molecular weight excluding hydrogens is 513 g/mol. The minimum absolute atomic E-state index is 0.101. The number of H-pyrrole nitrogens is 1. The molecule has 0 bridgehead atoms. The molecule has 8 nitrogen and oxygen atoms in total. The van der Waals surface area contributed by atoms with E-state index in [0.717, 1.165) is 17.1 Å². The Morgan fingerprint density at radius 2 is 1.59 bits per heavy atom. The number of nitrogens with zero attached hydrogens (tertiary/aromatic N) is 3. The molecule has 4 aromatic rings. The van der Waals surface area contributed by atoms with Crippen LogP contribution < -0.4 is 10.6 Å². The number of rotatable bonds is 6. The highest BCUT2D eigenvalue weighted by Crippen LogP contribution is 2.27. The van der Waals surface area contributed by atoms with Crippen LogP contribution in [-0.2, 0) is 11.3 Å². The molecule has 1 fully saturated rings. The summed E-state index contributed by atoms with van der Waals surface area (Å²) in [5.74, 6) is -4.10. The summed E-state index contributed by atoms with van der Waals surface area (Å²) in [4.78, 5) is 29.1. The predicted octanol–water partition coefficient (Wildman–Crippen LogP) is 3.68. The Hall–Kier alpha value is -4.09. The van der Waals surface area contributed by atoms with Gasteiger partial charge in [0.15, 0.2) is 23.6 Å². The number of halogens is 3. The lowest BCUT2D eigenvalue weighted by Gasteiger charge is -2.36. The number of benzene rings is 3. The van der Waals surface area contributed by atoms with Crippen LogP contribution in [0.3, 0.4) is 0 Å². The molecule has 0 radical (unpaired) electrons. The van der Waals surface area contributed by atoms with Gasteiger partial charge in [-0.2, -0.15) is 0 Å². The summed E-state index contributed by atoms with van der Waals surface area (Å²) in [5.41, 5.74) is 1.74. The van der Waals surface area contributed by atoms with Crippen molar-refractivity contribution in [3.05, 3.63) is 99.7 Å². The van der Waals surface area contributed by atoms with Crippen molar-refractivity contribution in [2.75, 3.05) is 37.6 Å². The van der Waals surface area contributed by atoms with Crippen molar-refractivity contribution >= 4 is 22.7 Å². The molecule has 0 saturated carbocycles. The topological polar surface area (TPSA) is 102 Å². The SMILES string of the molecule is Cc1c(F)c(F)cc(N2CCN(CCn3c(=O)[nH]c4ccccc43)CC2)c1F.O=C(O)C(O)c1ccccc1. The number of fused-ring (bicyclic) bond motifs is 1. The second kappa shape index (κ2) is 12.2. The molecule has 11 heteroatoms. The second-order valence-corrected chi connectivity index (χ2v) is 9.21. The number of carbonyl (C=O) groups is 1. The highest BCUT2D eigenvalue weighted by molar-refractivity contribution is 5.75. The highest BCUT2D eigenvalue weighted by Gasteiger charge is 2.23. The molecule has 3 N–H and O–H groups in total. The average molecular weight is 543 g/mol. The van der Waals surface area contributed by atoms with Crippen LogP contribution in [0.4, 0.5) is 18.9 Å². The molecule has 1 unspecified atom stereocenters. The summed E-state index contributed by atoms with van der Waals surface area (Å²) in [7, 11) is 0. The minimum Gasteiger partial charge on any atom is -0.479 e. The number of nitrogens with one attached hydrogen (secondary N) is 1. The van der Waals surface area contributed by atoms with Gasteiger partial charge in [-0.3, -0.25) is 9.47 Å². The van der Waals surface area contributed by atoms with E-state index < -0.39 is 29.5 Å². The van der Waals surface area contributed by atoms with Crippen LogP contribution in [0.5, 0.6) is 0 Å². The molecule has 206 valence electrons. The van der Waals surface area contributed by atoms with Gasteiger partial charge in [-0.1, -0.05) is 42.5 Å². The Kier molecular flexibility index (Phi) is 8.72. The number of imidazole rings is 1. The van der Waals surface area contributed by atoms with Gasteiger partial charge in [0.1, 0.15) is 0 Å². The minimum atomic E-state index is -1.41. The zero-order valence-corrected chi connectivity index (χ0v) is 21.3. The van der Waals surface area contributed by atoms with Gasteiger partial charge in [0.05, 0.1) is 16.7 Å². The van der Waals surface area contributed by atoms with E-state index in [4.69, 9.17) is 10.2 Å². The van der Waals surface area contributed by atoms with Crippen LogP contribution in [0, 0.1) is 24.4 Å². The summed E-state index contributed by atoms with van der Waals surface area (Å²) >= 11 is 0. The van der Waals surface area contributed by atoms with Gasteiger partial charge in [0.25, 0.3) is 0 Å². The summed E-state index contributed by atoms with van der Waals surface area (Å²) in [6.45, 7) is 4.76. The maximum atomic E-state index is 14.3. The first-order chi connectivity index (χ1) is 18.7. The smallest absolute Gasteiger partial charge is 0.337 e. The molecular formula is C28H29F3N4O4. The molecule has 5 rings (SSSR count). The molecule has 1 saturated heterocycles. The molecule has 1 atom stereocenters. The standard InChI is InChI=1S/C20H21F3N4O.C8H8O3/c1-13-18(22)14(21)12-17(19(13)23)26-9-6-25(7-10-26)8-11-27-16-5-3-2-4-15(16)24-20(27)28;9-7(8(10)11)6-4-2-1-3-5-6/h2-5,12H,6-11H2,1H3,(H,24,28);1-5,7,9H,(H,10,11). The van der Waals surface area contributed by atoms with Gasteiger partial charge in [-0.25, -0.2) is 22.8 Å². The van der Waals surface area contributed by atoms with Gasteiger partial charge in [-0.15, -0.1) is 0 Å². The molecule has 39 heavy (non-hydrogen) atoms. The summed E-state index contributed by atoms with van der Waals surface area (Å²) in [6.07, 6.45) is -1.41. The monoisotopic (exact) mass is 542 g/mol. The fraction of sp³-hybridized carbons (Fsp3) is 0.286. The first-order valence-electron chi connectivity index (χ1n) is 12.4. The number of aromatic nitrogens is 2. The van der Waals surface area contributed by atoms with Gasteiger partial charge >= 0.3 is 11.7 Å². The van der Waals surface area contributed by atoms with E-state index in [1.165, 1.54) is 6.92 Å². The Balaban J connectivity index is 0.000000270. The molecule has 0 spiro atoms. The third-order valence-electron chi connectivity index (χ3n) is 6.74. The Morgan fingerprint density at radius 3 is 2.26 bits per heavy atom. The maximum Gasteiger partial charge on any atom is 0.337 e. The van der Waals surface area contributed by atoms with Crippen molar-refractivity contribution in [2.45, 2.75) is 19.6 Å². The number of carboxylic acid groups (broad SMARTS) is 1. The van der Waals surface area contributed by atoms with Gasteiger partial charge in [-0.05, 0) is 24.6 Å². The third-order valence-corrected chi connectivity index (χ3v) is 6.74. The number of aliphatic carboxylic acids is 1. The van der Waals surface area contributed by atoms with E-state index in [2.05, 4.69) is 9.88 Å². The number of piperazine rings is 1. The van der Waals surface area contributed by atoms with Crippen molar-refractivity contribution in [1.29, 1.82) is 0 Å². The van der Waals surface area contributed by atoms with E-state index in [1.807, 2.05) is 24.3 Å². The van der Waals surface area contributed by atoms with E-state index >= 15 is 0 Å². The normalized spacial score (nSPS) is 14.6. The van der Waals surface area contributed by atoms with Crippen molar-refractivity contribution in [3.8, 4) is 0 Å². The van der Waals surface area contributed by atoms with Crippen molar-refractivity contribution < 1.29 is 28.2 Å². The fourth-order valence-corrected chi connectivity index (χ4v) is 4.50. The van der Waals surface area contributed by atoms with E-state index in [9.17, 15) is 22.8 Å². The molecule has 1 aliphatic heterocycles. The third kappa shape index (κ3) is 6.32. The molecule has 1 aromatic heterocycles. The van der Waals surface area contributed by atoms with Crippen LogP contribution in [0.1, 0.15) is 17.2 Å². The van der Waals surface area contributed by atoms with Crippen LogP contribution in [0.15, 0.2) is 65.5 Å². The Bertz CT molecular complexity index is 1500. The van der Waals surface area contributed by atoms with Gasteiger partial charge in [0.2, 0.25) is 0 Å². The van der Waals surface area contributed by atoms with Crippen LogP contribution in [0.25, 0.3) is 11.0 Å². The lowest BCUT2D eigenvalue weighted by molar-refractivity contribution is -0.146. The lowest BCUT2D eigenvalue weighted by atomic mass is 10.1. The number of hydrogen-bond acceptors (Lipinski definition) is 5. The van der Waals surface area contributed by atoms with E-state index in [0.29, 0.717) is 44.8 Å². The number of carboxylic acids is 1. The van der Waals surface area contributed by atoms with Crippen LogP contribution >= 0.6 is 0 Å². The molecule has 1 aliphatic rings. The lowest BCUT2D eigenvalue weighted by Crippen LogP contribution is -2.47. The zero-order valence-electron chi connectivity index (χ0n) is 21.3. The number of aliphatic hydroxyl groups excluding tert-OH is 1. The number of anilines is 1. The molecule has 2 heterocycles. The maximum absolute atomic E-state index is 14.3. The first-order valence-corrected chi connectivity index (χ1v) is 12.4. The number of para-hydroxylation sites is 2. The molecule has 0 aliphatic carbocycles. The fourth-order valence-electron chi connectivity index (χ4n) is 4.50. The number of aliphatic hydroxyl groups is 1. The average Bonchev–Trinajstić information content (AvgIpc) is 3.28. The summed E-state index contributed by atoms with van der Waals surface area (Å²) in [5, 5.41) is 17.4. The van der Waals surface area contributed by atoms with E-state index in [1.54, 1.807) is 39.8 Å². The van der Waals surface area contributed by atoms with Gasteiger partial charge < -0.3 is 20.1 Å². The van der Waals surface area contributed by atoms with Crippen molar-refractivity contribution in [3.63, 3.8) is 0 Å². The quantitative estimate of drug-likeness (QED) is 0.322. The second-order valence-electron chi connectivity index (χ2n) is 9.21. The molecule has 0 amide bonds. The Labute approximate surface area is 222 Å². The number of aromatic amines is 1. The van der Waals surface area contributed by atoms with Crippen LogP contribution in [-0.4, -0.2) is 63.4 Å². The highest BCUT2D eigenvalue weighted by atomic mass is 19.2. The zero-order chi connectivity index (χ0) is 28.1. The van der Waals surface area contributed by atoms with Gasteiger partial charge in [0, 0.05) is 50.9 Å².